The number of nitrogens with one attached hydrogen (secondary N) is 1. The summed E-state index contributed by atoms with van der Waals surface area (Å²) >= 11 is 6.39. The SMILES string of the molecule is CC(C)(C)OC(=O)N1CC2CC1CN2CC1CCC2(CC1)CCN(C(=O)c1ccc(Cl)c(N3CCC(=O)NC3=O)c1)CC2. The summed E-state index contributed by atoms with van der Waals surface area (Å²) in [5.41, 5.74) is 0.811. The van der Waals surface area contributed by atoms with Crippen molar-refractivity contribution in [1.82, 2.24) is 20.0 Å². The van der Waals surface area contributed by atoms with E-state index in [0.717, 1.165) is 52.0 Å². The van der Waals surface area contributed by atoms with Crippen LogP contribution in [0.5, 0.6) is 0 Å². The molecule has 1 N–H and O–H groups in total. The molecule has 11 heteroatoms. The molecule has 4 heterocycles. The third-order valence-corrected chi connectivity index (χ3v) is 10.6. The number of carbonyl (C=O) groups excluding carboxylic acids is 4. The Kier molecular flexibility index (Phi) is 8.13. The van der Waals surface area contributed by atoms with Crippen LogP contribution in [-0.4, -0.2) is 95.6 Å². The molecule has 5 aliphatic rings. The van der Waals surface area contributed by atoms with Crippen LogP contribution in [0.25, 0.3) is 0 Å². The first-order valence-electron chi connectivity index (χ1n) is 15.8. The molecule has 0 radical (unpaired) electrons. The topological polar surface area (TPSA) is 102 Å². The van der Waals surface area contributed by atoms with E-state index >= 15 is 0 Å². The van der Waals surface area contributed by atoms with Gasteiger partial charge in [0.1, 0.15) is 5.60 Å². The Bertz CT molecular complexity index is 1280. The van der Waals surface area contributed by atoms with Gasteiger partial charge in [0.25, 0.3) is 5.91 Å². The van der Waals surface area contributed by atoms with E-state index < -0.39 is 11.6 Å². The number of likely N-dealkylation sites (tertiary alicyclic amines) is 3. The molecule has 10 nitrogen and oxygen atoms in total. The maximum absolute atomic E-state index is 13.5. The zero-order valence-electron chi connectivity index (χ0n) is 25.6. The number of hydrogen-bond donors (Lipinski definition) is 1. The summed E-state index contributed by atoms with van der Waals surface area (Å²) in [7, 11) is 0. The Morgan fingerprint density at radius 1 is 1.02 bits per heavy atom. The number of nitrogens with zero attached hydrogens (tertiary/aromatic N) is 4. The summed E-state index contributed by atoms with van der Waals surface area (Å²) in [5, 5.41) is 2.69. The van der Waals surface area contributed by atoms with Gasteiger partial charge >= 0.3 is 12.1 Å². The van der Waals surface area contributed by atoms with Gasteiger partial charge in [0, 0.05) is 63.3 Å². The summed E-state index contributed by atoms with van der Waals surface area (Å²) in [6.45, 7) is 10.3. The highest BCUT2D eigenvalue weighted by atomic mass is 35.5. The van der Waals surface area contributed by atoms with Crippen LogP contribution in [0.15, 0.2) is 18.2 Å². The molecule has 43 heavy (non-hydrogen) atoms. The fourth-order valence-electron chi connectivity index (χ4n) is 7.83. The number of hydrogen-bond acceptors (Lipinski definition) is 6. The van der Waals surface area contributed by atoms with Crippen LogP contribution in [0, 0.1) is 11.3 Å². The van der Waals surface area contributed by atoms with Crippen molar-refractivity contribution in [3.63, 3.8) is 0 Å². The van der Waals surface area contributed by atoms with E-state index in [2.05, 4.69) is 10.2 Å². The minimum absolute atomic E-state index is 0.0422. The van der Waals surface area contributed by atoms with Crippen molar-refractivity contribution in [3.8, 4) is 0 Å². The molecule has 4 saturated heterocycles. The fourth-order valence-corrected chi connectivity index (χ4v) is 8.05. The van der Waals surface area contributed by atoms with E-state index in [-0.39, 0.29) is 36.9 Å². The Balaban J connectivity index is 0.977. The van der Waals surface area contributed by atoms with Crippen LogP contribution >= 0.6 is 11.6 Å². The number of amides is 5. The van der Waals surface area contributed by atoms with Crippen molar-refractivity contribution < 1.29 is 23.9 Å². The highest BCUT2D eigenvalue weighted by Gasteiger charge is 2.47. The van der Waals surface area contributed by atoms with Crippen molar-refractivity contribution in [2.45, 2.75) is 89.8 Å². The zero-order valence-corrected chi connectivity index (χ0v) is 26.3. The van der Waals surface area contributed by atoms with Gasteiger partial charge in [-0.15, -0.1) is 0 Å². The highest BCUT2D eigenvalue weighted by molar-refractivity contribution is 6.34. The molecule has 1 aromatic rings. The second-order valence-corrected chi connectivity index (χ2v) is 14.7. The number of halogens is 1. The summed E-state index contributed by atoms with van der Waals surface area (Å²) < 4.78 is 5.62. The van der Waals surface area contributed by atoms with Gasteiger partial charge in [-0.1, -0.05) is 11.6 Å². The van der Waals surface area contributed by atoms with E-state index in [4.69, 9.17) is 16.3 Å². The molecule has 5 amide bonds. The summed E-state index contributed by atoms with van der Waals surface area (Å²) in [6.07, 6.45) is 7.97. The fraction of sp³-hybridized carbons (Fsp3) is 0.688. The predicted molar refractivity (Wildman–Crippen MR) is 163 cm³/mol. The number of piperidine rings is 1. The average Bonchev–Trinajstić information content (AvgIpc) is 3.55. The first-order chi connectivity index (χ1) is 20.4. The maximum atomic E-state index is 13.5. The molecule has 6 rings (SSSR count). The van der Waals surface area contributed by atoms with Gasteiger partial charge in [0.15, 0.2) is 0 Å². The molecule has 1 spiro atoms. The quantitative estimate of drug-likeness (QED) is 0.519. The molecule has 2 atom stereocenters. The first-order valence-corrected chi connectivity index (χ1v) is 16.2. The molecule has 234 valence electrons. The van der Waals surface area contributed by atoms with Gasteiger partial charge in [-0.25, -0.2) is 9.59 Å². The number of ether oxygens (including phenoxy) is 1. The number of benzene rings is 1. The molecule has 5 fully saturated rings. The van der Waals surface area contributed by atoms with E-state index in [1.54, 1.807) is 18.2 Å². The molecule has 1 aliphatic carbocycles. The van der Waals surface area contributed by atoms with E-state index in [9.17, 15) is 19.2 Å². The van der Waals surface area contributed by atoms with Crippen LogP contribution in [0.4, 0.5) is 15.3 Å². The van der Waals surface area contributed by atoms with Gasteiger partial charge in [-0.05, 0) is 95.2 Å². The second kappa shape index (κ2) is 11.6. The van der Waals surface area contributed by atoms with Crippen molar-refractivity contribution in [1.29, 1.82) is 0 Å². The van der Waals surface area contributed by atoms with Gasteiger partial charge in [-0.3, -0.25) is 24.7 Å². The highest BCUT2D eigenvalue weighted by Crippen LogP contribution is 2.47. The number of piperazine rings is 1. The summed E-state index contributed by atoms with van der Waals surface area (Å²) in [5.74, 6) is 0.337. The van der Waals surface area contributed by atoms with Crippen LogP contribution in [0.3, 0.4) is 0 Å². The molecule has 1 aromatic carbocycles. The van der Waals surface area contributed by atoms with Crippen LogP contribution in [0.1, 0.15) is 82.5 Å². The number of fused-ring (bicyclic) bond motifs is 2. The first kappa shape index (κ1) is 30.2. The molecule has 0 aromatic heterocycles. The van der Waals surface area contributed by atoms with Crippen molar-refractivity contribution >= 4 is 41.2 Å². The molecular formula is C32H44ClN5O5. The van der Waals surface area contributed by atoms with Gasteiger partial charge < -0.3 is 14.5 Å². The summed E-state index contributed by atoms with van der Waals surface area (Å²) in [6, 6.07) is 5.25. The number of anilines is 1. The lowest BCUT2D eigenvalue weighted by Crippen LogP contribution is -2.51. The molecular weight excluding hydrogens is 570 g/mol. The Hall–Kier alpha value is -2.85. The largest absolute Gasteiger partial charge is 0.444 e. The smallest absolute Gasteiger partial charge is 0.410 e. The summed E-state index contributed by atoms with van der Waals surface area (Å²) in [4.78, 5) is 57.9. The van der Waals surface area contributed by atoms with E-state index in [1.165, 1.54) is 30.6 Å². The monoisotopic (exact) mass is 613 g/mol. The van der Waals surface area contributed by atoms with Crippen molar-refractivity contribution in [2.75, 3.05) is 44.2 Å². The van der Waals surface area contributed by atoms with Gasteiger partial charge in [0.2, 0.25) is 5.91 Å². The minimum Gasteiger partial charge on any atom is -0.444 e. The van der Waals surface area contributed by atoms with E-state index in [0.29, 0.717) is 33.6 Å². The zero-order chi connectivity index (χ0) is 30.5. The van der Waals surface area contributed by atoms with Crippen LogP contribution in [0.2, 0.25) is 5.02 Å². The predicted octanol–water partition coefficient (Wildman–Crippen LogP) is 4.89. The lowest BCUT2D eigenvalue weighted by Gasteiger charge is -2.47. The number of carbonyl (C=O) groups is 4. The van der Waals surface area contributed by atoms with E-state index in [1.807, 2.05) is 30.6 Å². The van der Waals surface area contributed by atoms with Crippen LogP contribution < -0.4 is 10.2 Å². The second-order valence-electron chi connectivity index (χ2n) is 14.3. The number of urea groups is 1. The van der Waals surface area contributed by atoms with Gasteiger partial charge in [-0.2, -0.15) is 0 Å². The van der Waals surface area contributed by atoms with Crippen molar-refractivity contribution in [2.24, 2.45) is 11.3 Å². The molecule has 1 saturated carbocycles. The Morgan fingerprint density at radius 3 is 2.37 bits per heavy atom. The Labute approximate surface area is 259 Å². The molecule has 2 unspecified atom stereocenters. The minimum atomic E-state index is -0.515. The number of imide groups is 1. The third-order valence-electron chi connectivity index (χ3n) is 10.3. The lowest BCUT2D eigenvalue weighted by molar-refractivity contribution is -0.120. The third kappa shape index (κ3) is 6.36. The maximum Gasteiger partial charge on any atom is 0.410 e. The van der Waals surface area contributed by atoms with Crippen LogP contribution in [-0.2, 0) is 9.53 Å². The lowest BCUT2D eigenvalue weighted by atomic mass is 9.65. The normalized spacial score (nSPS) is 26.3. The standard InChI is InChI=1S/C32H44ClN5O5/c1-31(2,3)43-30(42)38-20-23-17-24(38)19-36(23)18-21-6-9-32(10-7-21)11-14-35(15-12-32)28(40)22-4-5-25(33)26(16-22)37-13-8-27(39)34-29(37)41/h4-5,16,21,23-24H,6-15,17-20H2,1-3H3,(H,34,39,41). The number of rotatable bonds is 4. The molecule has 2 bridgehead atoms. The Morgan fingerprint density at radius 2 is 1.74 bits per heavy atom. The van der Waals surface area contributed by atoms with Gasteiger partial charge in [0.05, 0.1) is 10.7 Å². The average molecular weight is 614 g/mol. The van der Waals surface area contributed by atoms with Crippen molar-refractivity contribution in [3.05, 3.63) is 28.8 Å². The molecule has 4 aliphatic heterocycles.